The van der Waals surface area contributed by atoms with Crippen LogP contribution >= 0.6 is 0 Å². The zero-order chi connectivity index (χ0) is 9.14. The Morgan fingerprint density at radius 3 is 2.75 bits per heavy atom. The highest BCUT2D eigenvalue weighted by Crippen LogP contribution is 2.05. The van der Waals surface area contributed by atoms with E-state index in [1.54, 1.807) is 0 Å². The first-order valence-corrected chi connectivity index (χ1v) is 4.08. The number of oxime groups is 1. The summed E-state index contributed by atoms with van der Waals surface area (Å²) in [7, 11) is 2.08. The number of nitrogens with zero attached hydrogens (tertiary/aromatic N) is 3. The Morgan fingerprint density at radius 1 is 1.58 bits per heavy atom. The molecule has 3 N–H and O–H groups in total. The number of piperazine rings is 1. The molecule has 12 heavy (non-hydrogen) atoms. The number of hydrogen-bond donors (Lipinski definition) is 2. The van der Waals surface area contributed by atoms with Crippen LogP contribution in [0.25, 0.3) is 0 Å². The van der Waals surface area contributed by atoms with Gasteiger partial charge in [0.25, 0.3) is 0 Å². The molecule has 1 aliphatic heterocycles. The summed E-state index contributed by atoms with van der Waals surface area (Å²) in [6.07, 6.45) is 0. The van der Waals surface area contributed by atoms with Crippen molar-refractivity contribution in [2.45, 2.75) is 13.0 Å². The molecule has 0 aliphatic carbocycles. The minimum atomic E-state index is 0.218. The molecule has 0 spiro atoms. The third-order valence-corrected chi connectivity index (χ3v) is 2.39. The van der Waals surface area contributed by atoms with Gasteiger partial charge in [-0.3, -0.25) is 0 Å². The van der Waals surface area contributed by atoms with Gasteiger partial charge >= 0.3 is 0 Å². The molecule has 0 radical (unpaired) electrons. The topological polar surface area (TPSA) is 65.1 Å². The van der Waals surface area contributed by atoms with E-state index < -0.39 is 0 Å². The second-order valence-corrected chi connectivity index (χ2v) is 3.23. The predicted octanol–water partition coefficient (Wildman–Crippen LogP) is -0.674. The van der Waals surface area contributed by atoms with Crippen LogP contribution in [0.4, 0.5) is 0 Å². The Bertz CT molecular complexity index is 182. The van der Waals surface area contributed by atoms with Crippen LogP contribution in [0.15, 0.2) is 5.16 Å². The molecule has 1 aliphatic rings. The maximum Gasteiger partial charge on any atom is 0.233 e. The highest BCUT2D eigenvalue weighted by Gasteiger charge is 2.21. The molecule has 1 heterocycles. The lowest BCUT2D eigenvalue weighted by Gasteiger charge is -2.37. The smallest absolute Gasteiger partial charge is 0.233 e. The number of nitrogens with two attached hydrogens (primary N) is 1. The van der Waals surface area contributed by atoms with Crippen molar-refractivity contribution >= 4 is 5.96 Å². The molecule has 1 fully saturated rings. The zero-order valence-corrected chi connectivity index (χ0v) is 7.56. The van der Waals surface area contributed by atoms with E-state index in [1.807, 2.05) is 4.90 Å². The fourth-order valence-corrected chi connectivity index (χ4v) is 1.32. The van der Waals surface area contributed by atoms with Crippen LogP contribution in [0.5, 0.6) is 0 Å². The molecule has 1 rings (SSSR count). The molecular weight excluding hydrogens is 156 g/mol. The molecule has 0 aromatic carbocycles. The summed E-state index contributed by atoms with van der Waals surface area (Å²) in [5.74, 6) is 0.218. The highest BCUT2D eigenvalue weighted by molar-refractivity contribution is 5.77. The molecule has 1 saturated heterocycles. The normalized spacial score (nSPS) is 27.7. The summed E-state index contributed by atoms with van der Waals surface area (Å²) in [4.78, 5) is 4.13. The average Bonchev–Trinajstić information content (AvgIpc) is 2.08. The van der Waals surface area contributed by atoms with Crippen molar-refractivity contribution in [2.24, 2.45) is 10.9 Å². The van der Waals surface area contributed by atoms with Gasteiger partial charge in [0.1, 0.15) is 0 Å². The van der Waals surface area contributed by atoms with Gasteiger partial charge in [-0.2, -0.15) is 0 Å². The van der Waals surface area contributed by atoms with Gasteiger partial charge in [0, 0.05) is 25.7 Å². The van der Waals surface area contributed by atoms with E-state index in [4.69, 9.17) is 10.9 Å². The molecule has 0 saturated carbocycles. The summed E-state index contributed by atoms with van der Waals surface area (Å²) in [6.45, 7) is 4.73. The van der Waals surface area contributed by atoms with Crippen molar-refractivity contribution in [3.63, 3.8) is 0 Å². The van der Waals surface area contributed by atoms with Gasteiger partial charge < -0.3 is 20.7 Å². The first-order valence-electron chi connectivity index (χ1n) is 4.08. The molecule has 0 aromatic rings. The molecule has 5 nitrogen and oxygen atoms in total. The number of likely N-dealkylation sites (N-methyl/N-ethyl adjacent to an activating group) is 1. The Kier molecular flexibility index (Phi) is 2.75. The third-order valence-electron chi connectivity index (χ3n) is 2.39. The summed E-state index contributed by atoms with van der Waals surface area (Å²) < 4.78 is 0. The van der Waals surface area contributed by atoms with Gasteiger partial charge in [-0.25, -0.2) is 0 Å². The first kappa shape index (κ1) is 9.12. The molecule has 1 unspecified atom stereocenters. The van der Waals surface area contributed by atoms with E-state index in [1.165, 1.54) is 0 Å². The van der Waals surface area contributed by atoms with Crippen LogP contribution in [0, 0.1) is 0 Å². The van der Waals surface area contributed by atoms with Gasteiger partial charge in [-0.05, 0) is 14.0 Å². The minimum Gasteiger partial charge on any atom is -0.408 e. The molecular formula is C7H16N4O. The number of hydrogen-bond acceptors (Lipinski definition) is 3. The second kappa shape index (κ2) is 3.62. The van der Waals surface area contributed by atoms with Crippen LogP contribution in [0.1, 0.15) is 6.92 Å². The lowest BCUT2D eigenvalue weighted by atomic mass is 10.2. The Morgan fingerprint density at radius 2 is 2.25 bits per heavy atom. The van der Waals surface area contributed by atoms with Crippen molar-refractivity contribution < 1.29 is 5.21 Å². The maximum absolute atomic E-state index is 8.45. The molecule has 1 atom stereocenters. The van der Waals surface area contributed by atoms with Gasteiger partial charge in [0.2, 0.25) is 5.96 Å². The monoisotopic (exact) mass is 172 g/mol. The fourth-order valence-electron chi connectivity index (χ4n) is 1.32. The van der Waals surface area contributed by atoms with Crippen LogP contribution < -0.4 is 5.73 Å². The van der Waals surface area contributed by atoms with E-state index >= 15 is 0 Å². The van der Waals surface area contributed by atoms with Crippen molar-refractivity contribution in [1.82, 2.24) is 9.80 Å². The molecule has 5 heteroatoms. The van der Waals surface area contributed by atoms with Crippen molar-refractivity contribution in [1.29, 1.82) is 0 Å². The van der Waals surface area contributed by atoms with Crippen molar-refractivity contribution in [2.75, 3.05) is 26.7 Å². The maximum atomic E-state index is 8.45. The quantitative estimate of drug-likeness (QED) is 0.220. The summed E-state index contributed by atoms with van der Waals surface area (Å²) >= 11 is 0. The lowest BCUT2D eigenvalue weighted by molar-refractivity contribution is 0.148. The van der Waals surface area contributed by atoms with E-state index in [0.717, 1.165) is 19.6 Å². The molecule has 0 bridgehead atoms. The van der Waals surface area contributed by atoms with E-state index in [-0.39, 0.29) is 5.96 Å². The van der Waals surface area contributed by atoms with Crippen LogP contribution in [0.3, 0.4) is 0 Å². The molecule has 0 aromatic heterocycles. The lowest BCUT2D eigenvalue weighted by Crippen LogP contribution is -2.54. The third kappa shape index (κ3) is 1.79. The van der Waals surface area contributed by atoms with Gasteiger partial charge in [-0.1, -0.05) is 5.16 Å². The largest absolute Gasteiger partial charge is 0.408 e. The number of guanidine groups is 1. The number of rotatable bonds is 0. The summed E-state index contributed by atoms with van der Waals surface area (Å²) in [5.41, 5.74) is 5.46. The zero-order valence-electron chi connectivity index (χ0n) is 7.56. The van der Waals surface area contributed by atoms with E-state index in [0.29, 0.717) is 6.04 Å². The average molecular weight is 172 g/mol. The summed E-state index contributed by atoms with van der Waals surface area (Å²) in [6, 6.07) is 0.457. The van der Waals surface area contributed by atoms with Crippen LogP contribution in [-0.2, 0) is 0 Å². The predicted molar refractivity (Wildman–Crippen MR) is 47.1 cm³/mol. The van der Waals surface area contributed by atoms with Gasteiger partial charge in [0.15, 0.2) is 0 Å². The van der Waals surface area contributed by atoms with E-state index in [9.17, 15) is 0 Å². The second-order valence-electron chi connectivity index (χ2n) is 3.23. The van der Waals surface area contributed by atoms with Gasteiger partial charge in [0.05, 0.1) is 0 Å². The van der Waals surface area contributed by atoms with E-state index in [2.05, 4.69) is 24.0 Å². The fraction of sp³-hybridized carbons (Fsp3) is 0.857. The standard InChI is InChI=1S/C7H16N4O/c1-6-5-11(7(8)9-12)4-3-10(6)2/h6,12H,3-5H2,1-2H3,(H2,8,9). The van der Waals surface area contributed by atoms with Crippen molar-refractivity contribution in [3.05, 3.63) is 0 Å². The van der Waals surface area contributed by atoms with Crippen molar-refractivity contribution in [3.8, 4) is 0 Å². The van der Waals surface area contributed by atoms with Crippen LogP contribution in [-0.4, -0.2) is 53.7 Å². The Hall–Kier alpha value is -0.970. The Balaban J connectivity index is 2.51. The highest BCUT2D eigenvalue weighted by atomic mass is 16.4. The Labute approximate surface area is 72.4 Å². The van der Waals surface area contributed by atoms with Crippen LogP contribution in [0.2, 0.25) is 0 Å². The first-order chi connectivity index (χ1) is 5.65. The molecule has 70 valence electrons. The molecule has 0 amide bonds. The minimum absolute atomic E-state index is 0.218. The SMILES string of the molecule is CC1CN(C(N)=NO)CCN1C. The summed E-state index contributed by atoms with van der Waals surface area (Å²) in [5, 5.41) is 11.4. The van der Waals surface area contributed by atoms with Gasteiger partial charge in [-0.15, -0.1) is 0 Å².